The van der Waals surface area contributed by atoms with Crippen LogP contribution in [-0.4, -0.2) is 18.6 Å². The number of hydrogen-bond donors (Lipinski definition) is 1. The Morgan fingerprint density at radius 3 is 2.85 bits per heavy atom. The minimum absolute atomic E-state index is 0.279. The Bertz CT molecular complexity index is 554. The zero-order valence-corrected chi connectivity index (χ0v) is 12.4. The van der Waals surface area contributed by atoms with E-state index in [1.54, 1.807) is 7.11 Å². The average molecular weight is 270 g/mol. The maximum atomic E-state index is 5.29. The highest BCUT2D eigenvalue weighted by Crippen LogP contribution is 2.22. The molecule has 3 nitrogen and oxygen atoms in total. The number of aromatic nitrogens is 1. The van der Waals surface area contributed by atoms with Crippen molar-refractivity contribution in [1.82, 2.24) is 10.3 Å². The summed E-state index contributed by atoms with van der Waals surface area (Å²) in [5, 5.41) is 3.54. The van der Waals surface area contributed by atoms with Crippen LogP contribution in [0, 0.1) is 6.92 Å². The van der Waals surface area contributed by atoms with Crippen LogP contribution in [0.4, 0.5) is 0 Å². The molecule has 0 saturated carbocycles. The lowest BCUT2D eigenvalue weighted by Crippen LogP contribution is -2.23. The van der Waals surface area contributed by atoms with Crippen LogP contribution in [0.2, 0.25) is 0 Å². The van der Waals surface area contributed by atoms with E-state index >= 15 is 0 Å². The van der Waals surface area contributed by atoms with Crippen molar-refractivity contribution in [2.75, 3.05) is 13.7 Å². The number of benzene rings is 1. The second-order valence-corrected chi connectivity index (χ2v) is 4.90. The number of aryl methyl sites for hydroxylation is 1. The number of hydrogen-bond acceptors (Lipinski definition) is 3. The van der Waals surface area contributed by atoms with E-state index in [4.69, 9.17) is 4.74 Å². The summed E-state index contributed by atoms with van der Waals surface area (Å²) in [6.07, 6.45) is 4.73. The Balaban J connectivity index is 2.23. The minimum atomic E-state index is 0.279. The van der Waals surface area contributed by atoms with Gasteiger partial charge in [0.05, 0.1) is 7.11 Å². The van der Waals surface area contributed by atoms with Crippen LogP contribution in [0.15, 0.2) is 42.7 Å². The van der Waals surface area contributed by atoms with Gasteiger partial charge in [-0.05, 0) is 54.8 Å². The van der Waals surface area contributed by atoms with Gasteiger partial charge < -0.3 is 10.1 Å². The highest BCUT2D eigenvalue weighted by molar-refractivity contribution is 5.32. The molecule has 0 amide bonds. The first kappa shape index (κ1) is 14.5. The van der Waals surface area contributed by atoms with Gasteiger partial charge in [0.2, 0.25) is 0 Å². The molecule has 0 aliphatic carbocycles. The molecule has 1 N–H and O–H groups in total. The highest BCUT2D eigenvalue weighted by atomic mass is 16.5. The topological polar surface area (TPSA) is 34.1 Å². The van der Waals surface area contributed by atoms with Gasteiger partial charge in [0.1, 0.15) is 5.75 Å². The standard InChI is InChI=1S/C17H22N2O/c1-4-19-17(16-12-18-9-8-13(16)2)11-14-6-5-7-15(10-14)20-3/h5-10,12,17,19H,4,11H2,1-3H3. The molecule has 106 valence electrons. The maximum Gasteiger partial charge on any atom is 0.119 e. The molecule has 0 spiro atoms. The molecule has 20 heavy (non-hydrogen) atoms. The van der Waals surface area contributed by atoms with E-state index in [2.05, 4.69) is 42.3 Å². The van der Waals surface area contributed by atoms with Gasteiger partial charge >= 0.3 is 0 Å². The molecule has 1 unspecified atom stereocenters. The first-order valence-electron chi connectivity index (χ1n) is 7.01. The zero-order chi connectivity index (χ0) is 14.4. The third kappa shape index (κ3) is 3.58. The number of nitrogens with one attached hydrogen (secondary N) is 1. The van der Waals surface area contributed by atoms with Crippen LogP contribution in [0.5, 0.6) is 5.75 Å². The van der Waals surface area contributed by atoms with Crippen molar-refractivity contribution in [3.05, 3.63) is 59.4 Å². The lowest BCUT2D eigenvalue weighted by molar-refractivity contribution is 0.414. The summed E-state index contributed by atoms with van der Waals surface area (Å²) in [5.74, 6) is 0.903. The molecule has 3 heteroatoms. The third-order valence-electron chi connectivity index (χ3n) is 3.48. The van der Waals surface area contributed by atoms with Crippen LogP contribution in [0.3, 0.4) is 0 Å². The van der Waals surface area contributed by atoms with Crippen molar-refractivity contribution in [3.8, 4) is 5.75 Å². The van der Waals surface area contributed by atoms with E-state index in [0.29, 0.717) is 0 Å². The van der Waals surface area contributed by atoms with Gasteiger partial charge in [0.15, 0.2) is 0 Å². The van der Waals surface area contributed by atoms with Crippen LogP contribution in [0.25, 0.3) is 0 Å². The minimum Gasteiger partial charge on any atom is -0.497 e. The summed E-state index contributed by atoms with van der Waals surface area (Å²) in [6.45, 7) is 5.19. The van der Waals surface area contributed by atoms with Crippen LogP contribution >= 0.6 is 0 Å². The number of nitrogens with zero attached hydrogens (tertiary/aromatic N) is 1. The average Bonchev–Trinajstić information content (AvgIpc) is 2.47. The Kier molecular flexibility index (Phi) is 5.13. The van der Waals surface area contributed by atoms with E-state index in [-0.39, 0.29) is 6.04 Å². The molecule has 0 fully saturated rings. The quantitative estimate of drug-likeness (QED) is 0.874. The predicted molar refractivity (Wildman–Crippen MR) is 82.1 cm³/mol. The van der Waals surface area contributed by atoms with Gasteiger partial charge in [-0.25, -0.2) is 0 Å². The maximum absolute atomic E-state index is 5.29. The van der Waals surface area contributed by atoms with Gasteiger partial charge in [-0.3, -0.25) is 4.98 Å². The van der Waals surface area contributed by atoms with Crippen LogP contribution in [0.1, 0.15) is 29.7 Å². The smallest absolute Gasteiger partial charge is 0.119 e. The Morgan fingerprint density at radius 2 is 2.15 bits per heavy atom. The SMILES string of the molecule is CCNC(Cc1cccc(OC)c1)c1cnccc1C. The van der Waals surface area contributed by atoms with Gasteiger partial charge in [0, 0.05) is 18.4 Å². The predicted octanol–water partition coefficient (Wildman–Crippen LogP) is 3.29. The molecule has 1 aromatic heterocycles. The normalized spacial score (nSPS) is 12.2. The number of pyridine rings is 1. The first-order valence-corrected chi connectivity index (χ1v) is 7.01. The second-order valence-electron chi connectivity index (χ2n) is 4.90. The Labute approximate surface area is 121 Å². The summed E-state index contributed by atoms with van der Waals surface area (Å²) in [7, 11) is 1.70. The van der Waals surface area contributed by atoms with Crippen molar-refractivity contribution >= 4 is 0 Å². The fourth-order valence-electron chi connectivity index (χ4n) is 2.41. The lowest BCUT2D eigenvalue weighted by atomic mass is 9.97. The van der Waals surface area contributed by atoms with Crippen molar-refractivity contribution in [3.63, 3.8) is 0 Å². The summed E-state index contributed by atoms with van der Waals surface area (Å²) in [6, 6.07) is 10.6. The molecule has 0 radical (unpaired) electrons. The van der Waals surface area contributed by atoms with E-state index in [0.717, 1.165) is 18.7 Å². The largest absolute Gasteiger partial charge is 0.497 e. The molecule has 1 atom stereocenters. The number of rotatable bonds is 6. The van der Waals surface area contributed by atoms with Crippen molar-refractivity contribution in [1.29, 1.82) is 0 Å². The number of likely N-dealkylation sites (N-methyl/N-ethyl adjacent to an activating group) is 1. The molecule has 2 rings (SSSR count). The highest BCUT2D eigenvalue weighted by Gasteiger charge is 2.13. The van der Waals surface area contributed by atoms with E-state index in [9.17, 15) is 0 Å². The lowest BCUT2D eigenvalue weighted by Gasteiger charge is -2.20. The fourth-order valence-corrected chi connectivity index (χ4v) is 2.41. The Morgan fingerprint density at radius 1 is 1.30 bits per heavy atom. The van der Waals surface area contributed by atoms with Crippen LogP contribution < -0.4 is 10.1 Å². The monoisotopic (exact) mass is 270 g/mol. The number of methoxy groups -OCH3 is 1. The fraction of sp³-hybridized carbons (Fsp3) is 0.353. The summed E-state index contributed by atoms with van der Waals surface area (Å²) in [5.41, 5.74) is 3.80. The second kappa shape index (κ2) is 7.06. The zero-order valence-electron chi connectivity index (χ0n) is 12.4. The van der Waals surface area contributed by atoms with Gasteiger partial charge in [-0.1, -0.05) is 19.1 Å². The first-order chi connectivity index (χ1) is 9.74. The summed E-state index contributed by atoms with van der Waals surface area (Å²) in [4.78, 5) is 4.26. The van der Waals surface area contributed by atoms with Gasteiger partial charge in [-0.15, -0.1) is 0 Å². The Hall–Kier alpha value is -1.87. The van der Waals surface area contributed by atoms with Crippen molar-refractivity contribution < 1.29 is 4.74 Å². The summed E-state index contributed by atoms with van der Waals surface area (Å²) < 4.78 is 5.29. The van der Waals surface area contributed by atoms with Gasteiger partial charge in [-0.2, -0.15) is 0 Å². The molecule has 2 aromatic rings. The molecule has 1 heterocycles. The van der Waals surface area contributed by atoms with E-state index < -0.39 is 0 Å². The molecule has 0 aliphatic heterocycles. The van der Waals surface area contributed by atoms with Crippen LogP contribution in [-0.2, 0) is 6.42 Å². The number of ether oxygens (including phenoxy) is 1. The third-order valence-corrected chi connectivity index (χ3v) is 3.48. The van der Waals surface area contributed by atoms with Crippen molar-refractivity contribution in [2.24, 2.45) is 0 Å². The molecule has 1 aromatic carbocycles. The van der Waals surface area contributed by atoms with Gasteiger partial charge in [0.25, 0.3) is 0 Å². The molecule has 0 bridgehead atoms. The molecule has 0 aliphatic rings. The van der Waals surface area contributed by atoms with E-state index in [1.807, 2.05) is 24.5 Å². The molecule has 0 saturated heterocycles. The van der Waals surface area contributed by atoms with E-state index in [1.165, 1.54) is 16.7 Å². The van der Waals surface area contributed by atoms with Crippen molar-refractivity contribution in [2.45, 2.75) is 26.3 Å². The molecular weight excluding hydrogens is 248 g/mol. The molecular formula is C17H22N2O. The summed E-state index contributed by atoms with van der Waals surface area (Å²) >= 11 is 0.